The summed E-state index contributed by atoms with van der Waals surface area (Å²) in [5, 5.41) is 18.3. The SMILES string of the molecule is Cc1cc(NC(=O)[C@@H](C)n2nnc(-c3ccc(F)c(C)c3)n2)no1. The first-order valence-corrected chi connectivity index (χ1v) is 7.24. The molecule has 2 heterocycles. The van der Waals surface area contributed by atoms with Crippen LogP contribution in [0.5, 0.6) is 0 Å². The standard InChI is InChI=1S/C15H15FN6O2/c1-8-6-11(4-5-12(8)16)14-18-21-22(19-14)10(3)15(23)17-13-7-9(2)24-20-13/h4-7,10H,1-3H3,(H,17,20,23)/t10-/m1/s1. The highest BCUT2D eigenvalue weighted by Gasteiger charge is 2.20. The molecular formula is C15H15FN6O2. The molecule has 0 unspecified atom stereocenters. The number of anilines is 1. The minimum atomic E-state index is -0.704. The van der Waals surface area contributed by atoms with E-state index in [0.29, 0.717) is 28.5 Å². The van der Waals surface area contributed by atoms with Gasteiger partial charge in [0.25, 0.3) is 5.91 Å². The number of halogens is 1. The van der Waals surface area contributed by atoms with Crippen molar-refractivity contribution >= 4 is 11.7 Å². The van der Waals surface area contributed by atoms with Gasteiger partial charge in [-0.3, -0.25) is 4.79 Å². The van der Waals surface area contributed by atoms with Crippen LogP contribution in [0.3, 0.4) is 0 Å². The lowest BCUT2D eigenvalue weighted by molar-refractivity contribution is -0.119. The Bertz CT molecular complexity index is 888. The average Bonchev–Trinajstić information content (AvgIpc) is 3.18. The van der Waals surface area contributed by atoms with Crippen LogP contribution in [-0.4, -0.2) is 31.3 Å². The zero-order valence-electron chi connectivity index (χ0n) is 13.3. The largest absolute Gasteiger partial charge is 0.360 e. The minimum Gasteiger partial charge on any atom is -0.360 e. The van der Waals surface area contributed by atoms with E-state index in [1.807, 2.05) is 0 Å². The average molecular weight is 330 g/mol. The number of amides is 1. The first-order valence-electron chi connectivity index (χ1n) is 7.24. The van der Waals surface area contributed by atoms with Gasteiger partial charge in [-0.25, -0.2) is 4.39 Å². The number of benzene rings is 1. The molecule has 1 atom stereocenters. The summed E-state index contributed by atoms with van der Waals surface area (Å²) in [5.41, 5.74) is 1.11. The molecule has 1 amide bonds. The third kappa shape index (κ3) is 3.14. The van der Waals surface area contributed by atoms with Gasteiger partial charge in [-0.05, 0) is 49.7 Å². The van der Waals surface area contributed by atoms with Crippen molar-refractivity contribution in [3.8, 4) is 11.4 Å². The predicted octanol–water partition coefficient (Wildman–Crippen LogP) is 2.28. The van der Waals surface area contributed by atoms with E-state index in [9.17, 15) is 9.18 Å². The predicted molar refractivity (Wildman–Crippen MR) is 82.5 cm³/mol. The Morgan fingerprint density at radius 1 is 1.33 bits per heavy atom. The number of hydrogen-bond donors (Lipinski definition) is 1. The molecule has 0 spiro atoms. The molecule has 24 heavy (non-hydrogen) atoms. The molecule has 0 fully saturated rings. The number of carbonyl (C=O) groups excluding carboxylic acids is 1. The van der Waals surface area contributed by atoms with Crippen LogP contribution in [0.1, 0.15) is 24.3 Å². The van der Waals surface area contributed by atoms with Gasteiger partial charge in [0, 0.05) is 11.6 Å². The van der Waals surface area contributed by atoms with Crippen LogP contribution < -0.4 is 5.32 Å². The maximum Gasteiger partial charge on any atom is 0.252 e. The van der Waals surface area contributed by atoms with Crippen LogP contribution in [0.15, 0.2) is 28.8 Å². The van der Waals surface area contributed by atoms with Crippen molar-refractivity contribution in [1.82, 2.24) is 25.4 Å². The molecule has 3 rings (SSSR count). The number of nitrogens with one attached hydrogen (secondary N) is 1. The van der Waals surface area contributed by atoms with E-state index >= 15 is 0 Å². The van der Waals surface area contributed by atoms with E-state index in [0.717, 1.165) is 0 Å². The molecule has 1 aromatic carbocycles. The topological polar surface area (TPSA) is 98.7 Å². The quantitative estimate of drug-likeness (QED) is 0.788. The van der Waals surface area contributed by atoms with E-state index in [1.165, 1.54) is 10.9 Å². The highest BCUT2D eigenvalue weighted by Crippen LogP contribution is 2.18. The van der Waals surface area contributed by atoms with Crippen LogP contribution in [-0.2, 0) is 4.79 Å². The van der Waals surface area contributed by atoms with E-state index < -0.39 is 6.04 Å². The van der Waals surface area contributed by atoms with Crippen LogP contribution in [0.4, 0.5) is 10.2 Å². The fourth-order valence-corrected chi connectivity index (χ4v) is 2.05. The maximum atomic E-state index is 13.3. The van der Waals surface area contributed by atoms with E-state index in [4.69, 9.17) is 4.52 Å². The summed E-state index contributed by atoms with van der Waals surface area (Å²) < 4.78 is 18.2. The fourth-order valence-electron chi connectivity index (χ4n) is 2.05. The number of hydrogen-bond acceptors (Lipinski definition) is 6. The molecule has 0 bridgehead atoms. The van der Waals surface area contributed by atoms with Crippen LogP contribution >= 0.6 is 0 Å². The lowest BCUT2D eigenvalue weighted by Crippen LogP contribution is -2.25. The van der Waals surface area contributed by atoms with E-state index in [1.54, 1.807) is 39.0 Å². The van der Waals surface area contributed by atoms with E-state index in [2.05, 4.69) is 25.9 Å². The molecule has 3 aromatic rings. The van der Waals surface area contributed by atoms with Crippen molar-refractivity contribution in [1.29, 1.82) is 0 Å². The Morgan fingerprint density at radius 2 is 2.12 bits per heavy atom. The summed E-state index contributed by atoms with van der Waals surface area (Å²) in [4.78, 5) is 13.4. The summed E-state index contributed by atoms with van der Waals surface area (Å²) >= 11 is 0. The Kier molecular flexibility index (Phi) is 4.07. The van der Waals surface area contributed by atoms with Gasteiger partial charge in [0.2, 0.25) is 5.82 Å². The Hall–Kier alpha value is -3.10. The van der Waals surface area contributed by atoms with Crippen molar-refractivity contribution in [2.24, 2.45) is 0 Å². The number of aromatic nitrogens is 5. The molecule has 0 radical (unpaired) electrons. The Balaban J connectivity index is 1.76. The number of aryl methyl sites for hydroxylation is 2. The second kappa shape index (κ2) is 6.19. The Morgan fingerprint density at radius 3 is 2.79 bits per heavy atom. The third-order valence-corrected chi connectivity index (χ3v) is 3.45. The summed E-state index contributed by atoms with van der Waals surface area (Å²) in [6.45, 7) is 5.00. The molecule has 1 N–H and O–H groups in total. The molecule has 2 aromatic heterocycles. The summed E-state index contributed by atoms with van der Waals surface area (Å²) in [6.07, 6.45) is 0. The second-order valence-electron chi connectivity index (χ2n) is 5.39. The number of nitrogens with zero attached hydrogens (tertiary/aromatic N) is 5. The second-order valence-corrected chi connectivity index (χ2v) is 5.39. The number of carbonyl (C=O) groups is 1. The fraction of sp³-hybridized carbons (Fsp3) is 0.267. The monoisotopic (exact) mass is 330 g/mol. The van der Waals surface area contributed by atoms with Gasteiger partial charge in [0.15, 0.2) is 5.82 Å². The minimum absolute atomic E-state index is 0.304. The van der Waals surface area contributed by atoms with Crippen LogP contribution in [0, 0.1) is 19.7 Å². The molecule has 0 saturated carbocycles. The Labute approximate surface area is 136 Å². The van der Waals surface area contributed by atoms with Gasteiger partial charge in [0.05, 0.1) is 0 Å². The molecule has 0 aliphatic rings. The first-order chi connectivity index (χ1) is 11.4. The molecule has 8 nitrogen and oxygen atoms in total. The van der Waals surface area contributed by atoms with E-state index in [-0.39, 0.29) is 11.7 Å². The molecule has 0 aliphatic heterocycles. The van der Waals surface area contributed by atoms with Gasteiger partial charge in [0.1, 0.15) is 17.6 Å². The van der Waals surface area contributed by atoms with Crippen molar-refractivity contribution in [3.63, 3.8) is 0 Å². The molecule has 9 heteroatoms. The van der Waals surface area contributed by atoms with Gasteiger partial charge in [-0.15, -0.1) is 10.2 Å². The normalized spacial score (nSPS) is 12.2. The van der Waals surface area contributed by atoms with Crippen molar-refractivity contribution < 1.29 is 13.7 Å². The van der Waals surface area contributed by atoms with Crippen LogP contribution in [0.25, 0.3) is 11.4 Å². The number of rotatable bonds is 4. The third-order valence-electron chi connectivity index (χ3n) is 3.45. The van der Waals surface area contributed by atoms with Gasteiger partial charge < -0.3 is 9.84 Å². The molecule has 0 aliphatic carbocycles. The van der Waals surface area contributed by atoms with Gasteiger partial charge in [-0.2, -0.15) is 4.80 Å². The lowest BCUT2D eigenvalue weighted by Gasteiger charge is -2.08. The highest BCUT2D eigenvalue weighted by atomic mass is 19.1. The summed E-state index contributed by atoms with van der Waals surface area (Å²) in [5.74, 6) is 0.559. The van der Waals surface area contributed by atoms with Crippen molar-refractivity contribution in [2.75, 3.05) is 5.32 Å². The zero-order valence-corrected chi connectivity index (χ0v) is 13.3. The first kappa shape index (κ1) is 15.8. The van der Waals surface area contributed by atoms with Crippen molar-refractivity contribution in [3.05, 3.63) is 41.4 Å². The number of tetrazole rings is 1. The molecular weight excluding hydrogens is 315 g/mol. The summed E-state index contributed by atoms with van der Waals surface area (Å²) in [6, 6.07) is 5.43. The molecule has 0 saturated heterocycles. The van der Waals surface area contributed by atoms with Crippen molar-refractivity contribution in [2.45, 2.75) is 26.8 Å². The maximum absolute atomic E-state index is 13.3. The van der Waals surface area contributed by atoms with Gasteiger partial charge >= 0.3 is 0 Å². The molecule has 124 valence electrons. The smallest absolute Gasteiger partial charge is 0.252 e. The highest BCUT2D eigenvalue weighted by molar-refractivity contribution is 5.92. The zero-order chi connectivity index (χ0) is 17.3. The lowest BCUT2D eigenvalue weighted by atomic mass is 10.1. The summed E-state index contributed by atoms with van der Waals surface area (Å²) in [7, 11) is 0. The van der Waals surface area contributed by atoms with Gasteiger partial charge in [-0.1, -0.05) is 5.16 Å². The van der Waals surface area contributed by atoms with Crippen LogP contribution in [0.2, 0.25) is 0 Å².